The summed E-state index contributed by atoms with van der Waals surface area (Å²) >= 11 is 0. The Labute approximate surface area is 116 Å². The molecule has 0 unspecified atom stereocenters. The van der Waals surface area contributed by atoms with Crippen LogP contribution in [0.1, 0.15) is 28.6 Å². The van der Waals surface area contributed by atoms with Crippen LogP contribution in [0.4, 0.5) is 0 Å². The summed E-state index contributed by atoms with van der Waals surface area (Å²) in [6.07, 6.45) is 4.23. The molecule has 3 aromatic heterocycles. The maximum atomic E-state index is 4.53. The molecule has 0 atom stereocenters. The SMILES string of the molecule is Cc1nc(Cc2c(C)n[nH]c2C)n(-c2cccnc2)n1. The lowest BCUT2D eigenvalue weighted by Gasteiger charge is -2.05. The zero-order valence-corrected chi connectivity index (χ0v) is 11.8. The van der Waals surface area contributed by atoms with Crippen LogP contribution in [0.5, 0.6) is 0 Å². The van der Waals surface area contributed by atoms with Crippen molar-refractivity contribution in [3.63, 3.8) is 0 Å². The summed E-state index contributed by atoms with van der Waals surface area (Å²) in [4.78, 5) is 8.66. The van der Waals surface area contributed by atoms with Gasteiger partial charge in [0.2, 0.25) is 0 Å². The number of hydrogen-bond donors (Lipinski definition) is 1. The highest BCUT2D eigenvalue weighted by atomic mass is 15.3. The number of pyridine rings is 1. The van der Waals surface area contributed by atoms with Crippen LogP contribution < -0.4 is 0 Å². The van der Waals surface area contributed by atoms with E-state index in [-0.39, 0.29) is 0 Å². The summed E-state index contributed by atoms with van der Waals surface area (Å²) in [7, 11) is 0. The first-order valence-electron chi connectivity index (χ1n) is 6.48. The van der Waals surface area contributed by atoms with Crippen LogP contribution in [0.15, 0.2) is 24.5 Å². The number of hydrogen-bond acceptors (Lipinski definition) is 4. The third kappa shape index (κ3) is 2.20. The van der Waals surface area contributed by atoms with Crippen molar-refractivity contribution in [2.75, 3.05) is 0 Å². The molecule has 0 saturated carbocycles. The molecule has 0 aliphatic carbocycles. The molecule has 0 saturated heterocycles. The van der Waals surface area contributed by atoms with Crippen molar-refractivity contribution in [2.24, 2.45) is 0 Å². The molecule has 0 bridgehead atoms. The van der Waals surface area contributed by atoms with E-state index in [1.807, 2.05) is 37.6 Å². The van der Waals surface area contributed by atoms with Crippen LogP contribution in [-0.4, -0.2) is 29.9 Å². The van der Waals surface area contributed by atoms with Crippen LogP contribution in [0.2, 0.25) is 0 Å². The van der Waals surface area contributed by atoms with Gasteiger partial charge in [0, 0.05) is 23.9 Å². The summed E-state index contributed by atoms with van der Waals surface area (Å²) in [6.45, 7) is 5.91. The monoisotopic (exact) mass is 268 g/mol. The van der Waals surface area contributed by atoms with Gasteiger partial charge in [0.05, 0.1) is 17.6 Å². The van der Waals surface area contributed by atoms with Gasteiger partial charge in [-0.25, -0.2) is 9.67 Å². The van der Waals surface area contributed by atoms with Gasteiger partial charge in [0.1, 0.15) is 11.6 Å². The van der Waals surface area contributed by atoms with Gasteiger partial charge in [-0.2, -0.15) is 10.2 Å². The molecule has 20 heavy (non-hydrogen) atoms. The van der Waals surface area contributed by atoms with Crippen molar-refractivity contribution < 1.29 is 0 Å². The lowest BCUT2D eigenvalue weighted by Crippen LogP contribution is -2.05. The zero-order chi connectivity index (χ0) is 14.1. The first-order valence-corrected chi connectivity index (χ1v) is 6.48. The van der Waals surface area contributed by atoms with E-state index in [2.05, 4.69) is 25.3 Å². The fourth-order valence-electron chi connectivity index (χ4n) is 2.25. The maximum absolute atomic E-state index is 4.53. The van der Waals surface area contributed by atoms with E-state index in [0.717, 1.165) is 28.7 Å². The second-order valence-corrected chi connectivity index (χ2v) is 4.79. The normalized spacial score (nSPS) is 10.9. The molecule has 102 valence electrons. The maximum Gasteiger partial charge on any atom is 0.148 e. The van der Waals surface area contributed by atoms with Gasteiger partial charge in [0.25, 0.3) is 0 Å². The highest BCUT2D eigenvalue weighted by Gasteiger charge is 2.14. The quantitative estimate of drug-likeness (QED) is 0.787. The molecule has 3 rings (SSSR count). The molecule has 6 nitrogen and oxygen atoms in total. The van der Waals surface area contributed by atoms with E-state index in [9.17, 15) is 0 Å². The minimum absolute atomic E-state index is 0.698. The highest BCUT2D eigenvalue weighted by molar-refractivity contribution is 5.32. The molecule has 0 spiro atoms. The van der Waals surface area contributed by atoms with E-state index in [0.29, 0.717) is 6.42 Å². The molecule has 0 amide bonds. The molecular formula is C14H16N6. The van der Waals surface area contributed by atoms with Crippen molar-refractivity contribution in [1.82, 2.24) is 29.9 Å². The average Bonchev–Trinajstić information content (AvgIpc) is 2.97. The third-order valence-corrected chi connectivity index (χ3v) is 3.29. The van der Waals surface area contributed by atoms with Gasteiger partial charge in [-0.1, -0.05) is 0 Å². The summed E-state index contributed by atoms with van der Waals surface area (Å²) in [5.74, 6) is 1.64. The molecule has 0 aromatic carbocycles. The summed E-state index contributed by atoms with van der Waals surface area (Å²) in [6, 6.07) is 3.87. The number of rotatable bonds is 3. The number of nitrogens with zero attached hydrogens (tertiary/aromatic N) is 5. The largest absolute Gasteiger partial charge is 0.282 e. The molecule has 0 aliphatic rings. The number of H-pyrrole nitrogens is 1. The molecule has 3 aromatic rings. The number of aromatic nitrogens is 6. The number of nitrogens with one attached hydrogen (secondary N) is 1. The first-order chi connectivity index (χ1) is 9.65. The predicted octanol–water partition coefficient (Wildman–Crippen LogP) is 1.90. The summed E-state index contributed by atoms with van der Waals surface area (Å²) in [5.41, 5.74) is 4.16. The lowest BCUT2D eigenvalue weighted by atomic mass is 10.1. The third-order valence-electron chi connectivity index (χ3n) is 3.29. The van der Waals surface area contributed by atoms with Gasteiger partial charge < -0.3 is 0 Å². The van der Waals surface area contributed by atoms with Gasteiger partial charge in [-0.3, -0.25) is 10.1 Å². The van der Waals surface area contributed by atoms with Gasteiger partial charge >= 0.3 is 0 Å². The number of aromatic amines is 1. The molecule has 0 fully saturated rings. The van der Waals surface area contributed by atoms with E-state index >= 15 is 0 Å². The van der Waals surface area contributed by atoms with E-state index in [1.165, 1.54) is 5.56 Å². The van der Waals surface area contributed by atoms with Crippen LogP contribution in [-0.2, 0) is 6.42 Å². The molecule has 1 N–H and O–H groups in total. The minimum atomic E-state index is 0.698. The Balaban J connectivity index is 2.03. The molecule has 0 aliphatic heterocycles. The van der Waals surface area contributed by atoms with Crippen molar-refractivity contribution in [3.8, 4) is 5.69 Å². The fraction of sp³-hybridized carbons (Fsp3) is 0.286. The summed E-state index contributed by atoms with van der Waals surface area (Å²) < 4.78 is 1.84. The Kier molecular flexibility index (Phi) is 3.06. The van der Waals surface area contributed by atoms with Crippen molar-refractivity contribution >= 4 is 0 Å². The second kappa shape index (κ2) is 4.88. The minimum Gasteiger partial charge on any atom is -0.282 e. The lowest BCUT2D eigenvalue weighted by molar-refractivity contribution is 0.800. The van der Waals surface area contributed by atoms with Crippen molar-refractivity contribution in [3.05, 3.63) is 53.1 Å². The fourth-order valence-corrected chi connectivity index (χ4v) is 2.25. The smallest absolute Gasteiger partial charge is 0.148 e. The summed E-state index contributed by atoms with van der Waals surface area (Å²) in [5, 5.41) is 11.7. The zero-order valence-electron chi connectivity index (χ0n) is 11.8. The Bertz CT molecular complexity index is 706. The Hall–Kier alpha value is -2.50. The van der Waals surface area contributed by atoms with Crippen molar-refractivity contribution in [1.29, 1.82) is 0 Å². The molecule has 3 heterocycles. The standard InChI is InChI=1S/C14H16N6/c1-9-13(10(2)18-17-9)7-14-16-11(3)19-20(14)12-5-4-6-15-8-12/h4-6,8H,7H2,1-3H3,(H,17,18). The van der Waals surface area contributed by atoms with Gasteiger partial charge in [-0.05, 0) is 32.9 Å². The van der Waals surface area contributed by atoms with E-state index < -0.39 is 0 Å². The van der Waals surface area contributed by atoms with Crippen LogP contribution in [0.3, 0.4) is 0 Å². The molecule has 0 radical (unpaired) electrons. The average molecular weight is 268 g/mol. The first kappa shape index (κ1) is 12.5. The van der Waals surface area contributed by atoms with Crippen LogP contribution in [0.25, 0.3) is 5.69 Å². The van der Waals surface area contributed by atoms with Crippen LogP contribution in [0, 0.1) is 20.8 Å². The number of aryl methyl sites for hydroxylation is 3. The predicted molar refractivity (Wildman–Crippen MR) is 74.8 cm³/mol. The Morgan fingerprint density at radius 2 is 2.10 bits per heavy atom. The van der Waals surface area contributed by atoms with Gasteiger partial charge in [-0.15, -0.1) is 0 Å². The highest BCUT2D eigenvalue weighted by Crippen LogP contribution is 2.16. The van der Waals surface area contributed by atoms with E-state index in [1.54, 1.807) is 12.4 Å². The topological polar surface area (TPSA) is 72.3 Å². The van der Waals surface area contributed by atoms with Crippen molar-refractivity contribution in [2.45, 2.75) is 27.2 Å². The van der Waals surface area contributed by atoms with Crippen LogP contribution >= 0.6 is 0 Å². The Morgan fingerprint density at radius 3 is 2.75 bits per heavy atom. The molecule has 6 heteroatoms. The Morgan fingerprint density at radius 1 is 1.25 bits per heavy atom. The second-order valence-electron chi connectivity index (χ2n) is 4.79. The van der Waals surface area contributed by atoms with Gasteiger partial charge in [0.15, 0.2) is 0 Å². The molecular weight excluding hydrogens is 252 g/mol. The van der Waals surface area contributed by atoms with E-state index in [4.69, 9.17) is 0 Å².